The molecule has 0 saturated carbocycles. The van der Waals surface area contributed by atoms with Crippen molar-refractivity contribution in [2.24, 2.45) is 0 Å². The van der Waals surface area contributed by atoms with Crippen LogP contribution < -0.4 is 10.0 Å². The van der Waals surface area contributed by atoms with Gasteiger partial charge in [0.15, 0.2) is 0 Å². The number of amides is 1. The number of rotatable bonds is 7. The Labute approximate surface area is 180 Å². The van der Waals surface area contributed by atoms with Gasteiger partial charge in [0.25, 0.3) is 5.91 Å². The molecule has 6 nitrogen and oxygen atoms in total. The first-order valence-electron chi connectivity index (χ1n) is 8.96. The Kier molecular flexibility index (Phi) is 6.48. The van der Waals surface area contributed by atoms with Crippen LogP contribution in [0.2, 0.25) is 0 Å². The average molecular weight is 470 g/mol. The summed E-state index contributed by atoms with van der Waals surface area (Å²) in [4.78, 5) is 16.7. The number of pyridine rings is 1. The van der Waals surface area contributed by atoms with E-state index in [9.17, 15) is 26.4 Å². The molecule has 31 heavy (non-hydrogen) atoms. The number of aromatic nitrogens is 1. The molecular formula is C20H18F3N3O3S2. The topological polar surface area (TPSA) is 88.2 Å². The highest BCUT2D eigenvalue weighted by Gasteiger charge is 2.33. The van der Waals surface area contributed by atoms with Crippen LogP contribution in [0.25, 0.3) is 10.2 Å². The minimum absolute atomic E-state index is 0.129. The van der Waals surface area contributed by atoms with Crippen LogP contribution in [-0.2, 0) is 22.0 Å². The van der Waals surface area contributed by atoms with E-state index < -0.39 is 27.8 Å². The van der Waals surface area contributed by atoms with Crippen LogP contribution in [0.3, 0.4) is 0 Å². The molecule has 0 radical (unpaired) electrons. The second-order valence-corrected chi connectivity index (χ2v) is 9.46. The quantitative estimate of drug-likeness (QED) is 0.500. The van der Waals surface area contributed by atoms with Gasteiger partial charge in [-0.25, -0.2) is 18.1 Å². The second-order valence-electron chi connectivity index (χ2n) is 6.65. The van der Waals surface area contributed by atoms with Gasteiger partial charge in [0.1, 0.15) is 10.5 Å². The van der Waals surface area contributed by atoms with Crippen molar-refractivity contribution < 1.29 is 26.4 Å². The van der Waals surface area contributed by atoms with Crippen LogP contribution >= 0.6 is 11.3 Å². The Morgan fingerprint density at radius 3 is 2.48 bits per heavy atom. The van der Waals surface area contributed by atoms with Gasteiger partial charge >= 0.3 is 6.18 Å². The lowest BCUT2D eigenvalue weighted by molar-refractivity contribution is -0.140. The molecule has 0 atom stereocenters. The maximum atomic E-state index is 12.9. The van der Waals surface area contributed by atoms with E-state index in [2.05, 4.69) is 21.6 Å². The van der Waals surface area contributed by atoms with E-state index in [1.54, 1.807) is 31.2 Å². The Morgan fingerprint density at radius 2 is 1.87 bits per heavy atom. The molecule has 2 heterocycles. The zero-order chi connectivity index (χ0) is 22.8. The highest BCUT2D eigenvalue weighted by atomic mass is 32.2. The molecule has 0 aliphatic rings. The van der Waals surface area contributed by atoms with Crippen molar-refractivity contribution in [1.29, 1.82) is 0 Å². The predicted octanol–water partition coefficient (Wildman–Crippen LogP) is 4.48. The van der Waals surface area contributed by atoms with Gasteiger partial charge in [-0.2, -0.15) is 13.2 Å². The van der Waals surface area contributed by atoms with Crippen molar-refractivity contribution in [3.05, 3.63) is 70.8 Å². The monoisotopic (exact) mass is 469 g/mol. The molecule has 0 saturated heterocycles. The molecule has 1 aromatic carbocycles. The molecule has 0 aliphatic heterocycles. The van der Waals surface area contributed by atoms with E-state index in [-0.39, 0.29) is 22.0 Å². The lowest BCUT2D eigenvalue weighted by Gasteiger charge is -2.07. The van der Waals surface area contributed by atoms with E-state index in [1.165, 1.54) is 12.1 Å². The van der Waals surface area contributed by atoms with Crippen LogP contribution in [0.1, 0.15) is 26.5 Å². The number of nitrogens with zero attached hydrogens (tertiary/aromatic N) is 1. The van der Waals surface area contributed by atoms with Gasteiger partial charge in [-0.1, -0.05) is 18.2 Å². The summed E-state index contributed by atoms with van der Waals surface area (Å²) in [6.07, 6.45) is -3.13. The van der Waals surface area contributed by atoms with Crippen LogP contribution in [0.5, 0.6) is 0 Å². The van der Waals surface area contributed by atoms with Crippen molar-refractivity contribution in [2.45, 2.75) is 18.9 Å². The third-order valence-corrected chi connectivity index (χ3v) is 6.84. The van der Waals surface area contributed by atoms with Gasteiger partial charge in [-0.05, 0) is 42.3 Å². The number of carbonyl (C=O) groups is 1. The highest BCUT2D eigenvalue weighted by molar-refractivity contribution is 7.88. The number of thiophene rings is 1. The summed E-state index contributed by atoms with van der Waals surface area (Å²) in [5.74, 6) is -0.709. The first-order valence-corrected chi connectivity index (χ1v) is 11.4. The first kappa shape index (κ1) is 22.9. The third kappa shape index (κ3) is 5.49. The standard InChI is InChI=1S/C20H18F3N3O3S2/c1-3-10-24-31(28,29)11-13-4-6-14(7-5-13)25-18(27)17-12(2)15-8-9-16(20(21,22)23)26-19(15)30-17/h3-9,24H,1,10-11H2,2H3,(H,25,27). The number of hydrogen-bond donors (Lipinski definition) is 2. The summed E-state index contributed by atoms with van der Waals surface area (Å²) in [5, 5.41) is 3.15. The molecule has 3 rings (SSSR count). The number of alkyl halides is 3. The zero-order valence-electron chi connectivity index (χ0n) is 16.3. The van der Waals surface area contributed by atoms with Crippen molar-refractivity contribution in [3.8, 4) is 0 Å². The Hall–Kier alpha value is -2.76. The molecule has 2 N–H and O–H groups in total. The Morgan fingerprint density at radius 1 is 1.19 bits per heavy atom. The van der Waals surface area contributed by atoms with Gasteiger partial charge in [-0.3, -0.25) is 4.79 Å². The van der Waals surface area contributed by atoms with E-state index >= 15 is 0 Å². The van der Waals surface area contributed by atoms with Gasteiger partial charge in [0, 0.05) is 17.6 Å². The predicted molar refractivity (Wildman–Crippen MR) is 115 cm³/mol. The van der Waals surface area contributed by atoms with Crippen LogP contribution in [0, 0.1) is 6.92 Å². The zero-order valence-corrected chi connectivity index (χ0v) is 17.9. The normalized spacial score (nSPS) is 12.1. The van der Waals surface area contributed by atoms with Gasteiger partial charge in [-0.15, -0.1) is 17.9 Å². The molecule has 0 aliphatic carbocycles. The summed E-state index contributed by atoms with van der Waals surface area (Å²) >= 11 is 0.881. The highest BCUT2D eigenvalue weighted by Crippen LogP contribution is 2.34. The lowest BCUT2D eigenvalue weighted by Crippen LogP contribution is -2.25. The Balaban J connectivity index is 1.76. The number of anilines is 1. The van der Waals surface area contributed by atoms with Crippen LogP contribution in [0.15, 0.2) is 49.1 Å². The number of hydrogen-bond acceptors (Lipinski definition) is 5. The molecule has 11 heteroatoms. The van der Waals surface area contributed by atoms with E-state index in [1.807, 2.05) is 0 Å². The van der Waals surface area contributed by atoms with Gasteiger partial charge < -0.3 is 5.32 Å². The van der Waals surface area contributed by atoms with Crippen LogP contribution in [-0.4, -0.2) is 25.9 Å². The van der Waals surface area contributed by atoms with Gasteiger partial charge in [0.05, 0.1) is 10.6 Å². The molecular weight excluding hydrogens is 451 g/mol. The van der Waals surface area contributed by atoms with Gasteiger partial charge in [0.2, 0.25) is 10.0 Å². The summed E-state index contributed by atoms with van der Waals surface area (Å²) < 4.78 is 64.8. The smallest absolute Gasteiger partial charge is 0.321 e. The van der Waals surface area contributed by atoms with Crippen molar-refractivity contribution in [2.75, 3.05) is 11.9 Å². The molecule has 1 amide bonds. The lowest BCUT2D eigenvalue weighted by atomic mass is 10.1. The van der Waals surface area contributed by atoms with Crippen molar-refractivity contribution in [1.82, 2.24) is 9.71 Å². The fraction of sp³-hybridized carbons (Fsp3) is 0.200. The molecule has 3 aromatic rings. The van der Waals surface area contributed by atoms with E-state index in [4.69, 9.17) is 0 Å². The number of benzene rings is 1. The van der Waals surface area contributed by atoms with Crippen LogP contribution in [0.4, 0.5) is 18.9 Å². The Bertz CT molecular complexity index is 1230. The van der Waals surface area contributed by atoms with Crippen molar-refractivity contribution >= 4 is 43.2 Å². The number of halogens is 3. The summed E-state index contributed by atoms with van der Waals surface area (Å²) in [7, 11) is -3.50. The number of aryl methyl sites for hydroxylation is 1. The van der Waals surface area contributed by atoms with E-state index in [0.29, 0.717) is 22.2 Å². The maximum Gasteiger partial charge on any atom is 0.433 e. The summed E-state index contributed by atoms with van der Waals surface area (Å²) in [6, 6.07) is 8.44. The first-order chi connectivity index (χ1) is 14.5. The largest absolute Gasteiger partial charge is 0.433 e. The average Bonchev–Trinajstić information content (AvgIpc) is 3.03. The minimum atomic E-state index is -4.56. The minimum Gasteiger partial charge on any atom is -0.321 e. The number of carbonyl (C=O) groups excluding carboxylic acids is 1. The molecule has 0 spiro atoms. The molecule has 164 valence electrons. The third-order valence-electron chi connectivity index (χ3n) is 4.32. The fourth-order valence-corrected chi connectivity index (χ4v) is 4.98. The second kappa shape index (κ2) is 8.77. The molecule has 0 fully saturated rings. The number of fused-ring (bicyclic) bond motifs is 1. The molecule has 0 bridgehead atoms. The summed E-state index contributed by atoms with van der Waals surface area (Å²) in [6.45, 7) is 5.22. The number of nitrogens with one attached hydrogen (secondary N) is 2. The molecule has 0 unspecified atom stereocenters. The number of sulfonamides is 1. The molecule has 2 aromatic heterocycles. The van der Waals surface area contributed by atoms with E-state index in [0.717, 1.165) is 17.4 Å². The SMILES string of the molecule is C=CCNS(=O)(=O)Cc1ccc(NC(=O)c2sc3nc(C(F)(F)F)ccc3c2C)cc1. The van der Waals surface area contributed by atoms with Crippen molar-refractivity contribution in [3.63, 3.8) is 0 Å². The fourth-order valence-electron chi connectivity index (χ4n) is 2.80. The maximum absolute atomic E-state index is 12.9. The summed E-state index contributed by atoms with van der Waals surface area (Å²) in [5.41, 5.74) is 0.471.